The molecule has 6 nitrogen and oxygen atoms in total. The minimum absolute atomic E-state index is 0.0317. The Morgan fingerprint density at radius 1 is 1.15 bits per heavy atom. The lowest BCUT2D eigenvalue weighted by atomic mass is 9.81. The number of hydrogen-bond acceptors (Lipinski definition) is 6. The number of methoxy groups -OCH3 is 2. The van der Waals surface area contributed by atoms with E-state index in [2.05, 4.69) is 13.0 Å². The van der Waals surface area contributed by atoms with Gasteiger partial charge in [-0.15, -0.1) is 0 Å². The van der Waals surface area contributed by atoms with E-state index in [-0.39, 0.29) is 18.1 Å². The Morgan fingerprint density at radius 2 is 1.88 bits per heavy atom. The molecule has 174 valence electrons. The van der Waals surface area contributed by atoms with Gasteiger partial charge in [0.2, 0.25) is 0 Å². The fourth-order valence-corrected chi connectivity index (χ4v) is 5.40. The number of benzene rings is 2. The Labute approximate surface area is 194 Å². The molecule has 1 fully saturated rings. The van der Waals surface area contributed by atoms with Crippen molar-refractivity contribution in [2.75, 3.05) is 20.8 Å². The van der Waals surface area contributed by atoms with E-state index in [1.54, 1.807) is 38.5 Å². The van der Waals surface area contributed by atoms with Crippen LogP contribution in [0.4, 0.5) is 0 Å². The Balaban J connectivity index is 1.51. The van der Waals surface area contributed by atoms with Crippen LogP contribution in [0.3, 0.4) is 0 Å². The lowest BCUT2D eigenvalue weighted by Gasteiger charge is -2.38. The van der Waals surface area contributed by atoms with Gasteiger partial charge in [0, 0.05) is 17.2 Å². The van der Waals surface area contributed by atoms with Crippen LogP contribution in [0.25, 0.3) is 0 Å². The van der Waals surface area contributed by atoms with E-state index in [1.165, 1.54) is 31.3 Å². The molecule has 2 unspecified atom stereocenters. The molecule has 0 saturated heterocycles. The molecule has 0 spiro atoms. The van der Waals surface area contributed by atoms with Crippen LogP contribution in [0.2, 0.25) is 0 Å². The third-order valence-electron chi connectivity index (χ3n) is 7.31. The molecule has 0 radical (unpaired) electrons. The average Bonchev–Trinajstić information content (AvgIpc) is 3.37. The van der Waals surface area contributed by atoms with Crippen molar-refractivity contribution in [2.45, 2.75) is 51.0 Å². The molecule has 33 heavy (non-hydrogen) atoms. The summed E-state index contributed by atoms with van der Waals surface area (Å²) in [7, 11) is 3.13. The first-order valence-electron chi connectivity index (χ1n) is 11.6. The minimum Gasteiger partial charge on any atom is -0.508 e. The van der Waals surface area contributed by atoms with Crippen molar-refractivity contribution >= 4 is 5.78 Å². The van der Waals surface area contributed by atoms with E-state index in [4.69, 9.17) is 18.9 Å². The first-order chi connectivity index (χ1) is 16.0. The van der Waals surface area contributed by atoms with Gasteiger partial charge in [0.1, 0.15) is 30.0 Å². The number of allylic oxidation sites excluding steroid dienone is 2. The van der Waals surface area contributed by atoms with E-state index >= 15 is 0 Å². The van der Waals surface area contributed by atoms with Crippen molar-refractivity contribution in [3.8, 4) is 28.7 Å². The van der Waals surface area contributed by atoms with Crippen LogP contribution >= 0.6 is 0 Å². The van der Waals surface area contributed by atoms with Gasteiger partial charge < -0.3 is 24.1 Å². The monoisotopic (exact) mass is 450 g/mol. The zero-order chi connectivity index (χ0) is 23.1. The number of phenols is 1. The van der Waals surface area contributed by atoms with Crippen molar-refractivity contribution in [1.29, 1.82) is 0 Å². The third kappa shape index (κ3) is 3.71. The Bertz CT molecular complexity index is 1110. The predicted octanol–water partition coefficient (Wildman–Crippen LogP) is 5.21. The van der Waals surface area contributed by atoms with Gasteiger partial charge in [-0.1, -0.05) is 24.5 Å². The molecule has 2 aromatic rings. The van der Waals surface area contributed by atoms with Gasteiger partial charge >= 0.3 is 0 Å². The third-order valence-corrected chi connectivity index (χ3v) is 7.31. The summed E-state index contributed by atoms with van der Waals surface area (Å²) in [5.74, 6) is 2.40. The summed E-state index contributed by atoms with van der Waals surface area (Å²) in [5, 5.41) is 10.6. The van der Waals surface area contributed by atoms with Crippen molar-refractivity contribution < 1.29 is 28.8 Å². The largest absolute Gasteiger partial charge is 0.508 e. The smallest absolute Gasteiger partial charge is 0.178 e. The summed E-state index contributed by atoms with van der Waals surface area (Å²) in [4.78, 5) is 13.7. The maximum atomic E-state index is 13.7. The minimum atomic E-state index is -0.505. The Morgan fingerprint density at radius 3 is 2.61 bits per heavy atom. The number of carbonyl (C=O) groups is 1. The van der Waals surface area contributed by atoms with E-state index in [0.717, 1.165) is 5.56 Å². The van der Waals surface area contributed by atoms with Gasteiger partial charge in [0.15, 0.2) is 17.3 Å². The fraction of sp³-hybridized carbons (Fsp3) is 0.444. The van der Waals surface area contributed by atoms with Gasteiger partial charge in [-0.2, -0.15) is 0 Å². The highest BCUT2D eigenvalue weighted by molar-refractivity contribution is 6.05. The Kier molecular flexibility index (Phi) is 5.69. The number of carbonyl (C=O) groups excluding carboxylic acids is 1. The molecular weight excluding hydrogens is 420 g/mol. The quantitative estimate of drug-likeness (QED) is 0.631. The van der Waals surface area contributed by atoms with E-state index in [0.29, 0.717) is 46.5 Å². The topological polar surface area (TPSA) is 74.2 Å². The van der Waals surface area contributed by atoms with Crippen LogP contribution in [0.15, 0.2) is 35.9 Å². The Hall–Kier alpha value is -3.15. The predicted molar refractivity (Wildman–Crippen MR) is 124 cm³/mol. The van der Waals surface area contributed by atoms with Crippen LogP contribution in [0, 0.1) is 5.92 Å². The molecule has 3 aliphatic rings. The molecule has 5 rings (SSSR count). The van der Waals surface area contributed by atoms with E-state index in [1.807, 2.05) is 0 Å². The highest BCUT2D eigenvalue weighted by Gasteiger charge is 2.44. The number of rotatable bonds is 5. The summed E-state index contributed by atoms with van der Waals surface area (Å²) in [6, 6.07) is 6.82. The molecule has 0 aromatic heterocycles. The zero-order valence-electron chi connectivity index (χ0n) is 19.3. The zero-order valence-corrected chi connectivity index (χ0v) is 19.3. The molecule has 2 heterocycles. The van der Waals surface area contributed by atoms with Crippen LogP contribution in [-0.4, -0.2) is 37.8 Å². The van der Waals surface area contributed by atoms with Crippen LogP contribution in [0.1, 0.15) is 60.0 Å². The normalized spacial score (nSPS) is 22.0. The van der Waals surface area contributed by atoms with Gasteiger partial charge in [-0.25, -0.2) is 0 Å². The van der Waals surface area contributed by atoms with E-state index in [9.17, 15) is 9.90 Å². The van der Waals surface area contributed by atoms with Crippen molar-refractivity contribution in [1.82, 2.24) is 0 Å². The van der Waals surface area contributed by atoms with Gasteiger partial charge in [0.05, 0.1) is 25.7 Å². The lowest BCUT2D eigenvalue weighted by Crippen LogP contribution is -2.43. The molecule has 2 aromatic carbocycles. The molecule has 1 aliphatic carbocycles. The van der Waals surface area contributed by atoms with Crippen molar-refractivity contribution in [3.05, 3.63) is 52.6 Å². The van der Waals surface area contributed by atoms with Gasteiger partial charge in [-0.3, -0.25) is 4.79 Å². The number of ketones is 1. The molecule has 6 heteroatoms. The molecular formula is C27H30O6. The highest BCUT2D eigenvalue weighted by atomic mass is 16.5. The van der Waals surface area contributed by atoms with Crippen LogP contribution in [-0.2, 0) is 6.42 Å². The molecule has 1 saturated carbocycles. The highest BCUT2D eigenvalue weighted by Crippen LogP contribution is 2.48. The maximum Gasteiger partial charge on any atom is 0.178 e. The molecule has 1 N–H and O–H groups in total. The molecule has 2 atom stereocenters. The number of ether oxygens (including phenoxy) is 4. The van der Waals surface area contributed by atoms with Crippen LogP contribution < -0.4 is 18.9 Å². The first-order valence-corrected chi connectivity index (χ1v) is 11.6. The summed E-state index contributed by atoms with van der Waals surface area (Å²) < 4.78 is 23.1. The summed E-state index contributed by atoms with van der Waals surface area (Å²) >= 11 is 0. The second-order valence-electron chi connectivity index (χ2n) is 9.13. The summed E-state index contributed by atoms with van der Waals surface area (Å²) in [6.07, 6.45) is 7.24. The van der Waals surface area contributed by atoms with Crippen molar-refractivity contribution in [3.63, 3.8) is 0 Å². The average molecular weight is 451 g/mol. The van der Waals surface area contributed by atoms with Crippen molar-refractivity contribution in [2.24, 2.45) is 5.92 Å². The lowest BCUT2D eigenvalue weighted by molar-refractivity contribution is 0.0553. The fourth-order valence-electron chi connectivity index (χ4n) is 5.40. The van der Waals surface area contributed by atoms with Gasteiger partial charge in [0.25, 0.3) is 0 Å². The number of Topliss-reactive ketones (excluding diaryl/α,β-unsaturated/α-hetero) is 1. The second-order valence-corrected chi connectivity index (χ2v) is 9.13. The number of phenolic OH excluding ortho intramolecular Hbond substituents is 1. The van der Waals surface area contributed by atoms with Gasteiger partial charge in [-0.05, 0) is 50.3 Å². The van der Waals surface area contributed by atoms with Crippen LogP contribution in [0.5, 0.6) is 28.7 Å². The molecule has 2 aliphatic heterocycles. The molecule has 0 amide bonds. The first kappa shape index (κ1) is 21.7. The maximum absolute atomic E-state index is 13.7. The standard InChI is InChI=1S/C27H30O6/c1-15(16-6-4-5-7-16)8-9-17-20(28)11-10-18-26(29)25-19-12-22(30-2)23(31-3)13-21(19)32-14-24(25)33-27(17)18/h8,10-13,16,24-25,28H,4-7,9,14H2,1-3H3/b15-8+. The number of fused-ring (bicyclic) bond motifs is 4. The number of hydrogen-bond donors (Lipinski definition) is 1. The van der Waals surface area contributed by atoms with E-state index < -0.39 is 12.0 Å². The summed E-state index contributed by atoms with van der Waals surface area (Å²) in [5.41, 5.74) is 3.24. The second kappa shape index (κ2) is 8.65. The summed E-state index contributed by atoms with van der Waals surface area (Å²) in [6.45, 7) is 2.41. The molecule has 0 bridgehead atoms. The SMILES string of the molecule is COc1cc2c(cc1OC)C1C(=O)c3ccc(O)c(C/C=C(\C)C4CCCC4)c3OC1CO2. The number of aromatic hydroxyl groups is 1.